The van der Waals surface area contributed by atoms with Crippen LogP contribution in [0.3, 0.4) is 0 Å². The van der Waals surface area contributed by atoms with E-state index >= 15 is 0 Å². The summed E-state index contributed by atoms with van der Waals surface area (Å²) in [6.07, 6.45) is 1.50. The number of amides is 1. The van der Waals surface area contributed by atoms with Crippen LogP contribution in [0, 0.1) is 0 Å². The second-order valence-electron chi connectivity index (χ2n) is 4.60. The van der Waals surface area contributed by atoms with Crippen molar-refractivity contribution >= 4 is 17.2 Å². The number of para-hydroxylation sites is 1. The zero-order chi connectivity index (χ0) is 14.7. The fourth-order valence-corrected chi connectivity index (χ4v) is 2.71. The van der Waals surface area contributed by atoms with Gasteiger partial charge in [0.2, 0.25) is 0 Å². The molecule has 0 N–H and O–H groups in total. The summed E-state index contributed by atoms with van der Waals surface area (Å²) in [5, 5.41) is 10.4. The smallest absolute Gasteiger partial charge is 0.276 e. The summed E-state index contributed by atoms with van der Waals surface area (Å²) in [6, 6.07) is 13.5. The van der Waals surface area contributed by atoms with Gasteiger partial charge in [-0.05, 0) is 23.6 Å². The Morgan fingerprint density at radius 1 is 1.24 bits per heavy atom. The predicted octanol–water partition coefficient (Wildman–Crippen LogP) is 2.60. The highest BCUT2D eigenvalue weighted by Gasteiger charge is 2.16. The molecule has 6 heteroatoms. The van der Waals surface area contributed by atoms with Crippen molar-refractivity contribution in [2.24, 2.45) is 0 Å². The highest BCUT2D eigenvalue weighted by atomic mass is 32.1. The number of hydrogen-bond donors (Lipinski definition) is 0. The van der Waals surface area contributed by atoms with Crippen LogP contribution in [0.2, 0.25) is 0 Å². The first-order valence-corrected chi connectivity index (χ1v) is 7.37. The fourth-order valence-electron chi connectivity index (χ4n) is 1.95. The molecule has 0 saturated heterocycles. The number of nitrogens with zero attached hydrogens (tertiary/aromatic N) is 4. The molecule has 0 atom stereocenters. The molecule has 0 bridgehead atoms. The van der Waals surface area contributed by atoms with Gasteiger partial charge in [0.05, 0.1) is 18.4 Å². The molecule has 1 amide bonds. The molecular weight excluding hydrogens is 284 g/mol. The zero-order valence-corrected chi connectivity index (χ0v) is 12.3. The molecule has 3 aromatic rings. The number of rotatable bonds is 4. The van der Waals surface area contributed by atoms with Gasteiger partial charge >= 0.3 is 0 Å². The van der Waals surface area contributed by atoms with Crippen molar-refractivity contribution in [3.8, 4) is 5.69 Å². The number of benzene rings is 1. The van der Waals surface area contributed by atoms with Crippen molar-refractivity contribution in [2.45, 2.75) is 6.54 Å². The third-order valence-electron chi connectivity index (χ3n) is 3.02. The number of hydrogen-bond acceptors (Lipinski definition) is 4. The molecule has 3 rings (SSSR count). The Bertz CT molecular complexity index is 721. The molecule has 2 heterocycles. The minimum absolute atomic E-state index is 0.134. The Labute approximate surface area is 126 Å². The lowest BCUT2D eigenvalue weighted by Gasteiger charge is -2.14. The monoisotopic (exact) mass is 298 g/mol. The van der Waals surface area contributed by atoms with E-state index in [1.54, 1.807) is 23.3 Å². The van der Waals surface area contributed by atoms with E-state index in [0.717, 1.165) is 10.6 Å². The first-order valence-electron chi connectivity index (χ1n) is 6.49. The van der Waals surface area contributed by atoms with Crippen LogP contribution in [0.25, 0.3) is 5.69 Å². The average molecular weight is 298 g/mol. The third kappa shape index (κ3) is 3.00. The van der Waals surface area contributed by atoms with Crippen LogP contribution in [0.15, 0.2) is 54.0 Å². The fraction of sp³-hybridized carbons (Fsp3) is 0.133. The zero-order valence-electron chi connectivity index (χ0n) is 11.5. The van der Waals surface area contributed by atoms with Crippen molar-refractivity contribution in [2.75, 3.05) is 7.05 Å². The first kappa shape index (κ1) is 13.5. The number of carbonyl (C=O) groups is 1. The van der Waals surface area contributed by atoms with Crippen molar-refractivity contribution in [3.05, 3.63) is 64.6 Å². The molecule has 0 saturated carbocycles. The summed E-state index contributed by atoms with van der Waals surface area (Å²) in [5.41, 5.74) is 1.18. The van der Waals surface area contributed by atoms with Crippen molar-refractivity contribution in [3.63, 3.8) is 0 Å². The Kier molecular flexibility index (Phi) is 3.79. The minimum atomic E-state index is -0.134. The molecule has 0 aliphatic carbocycles. The molecule has 2 aromatic heterocycles. The average Bonchev–Trinajstić information content (AvgIpc) is 3.18. The summed E-state index contributed by atoms with van der Waals surface area (Å²) in [6.45, 7) is 0.578. The first-order chi connectivity index (χ1) is 10.2. The van der Waals surface area contributed by atoms with Crippen LogP contribution in [-0.4, -0.2) is 32.8 Å². The van der Waals surface area contributed by atoms with E-state index in [0.29, 0.717) is 12.2 Å². The molecule has 0 aliphatic rings. The van der Waals surface area contributed by atoms with Crippen molar-refractivity contribution < 1.29 is 4.79 Å². The number of thiophene rings is 1. The summed E-state index contributed by atoms with van der Waals surface area (Å²) in [4.78, 5) is 16.6. The van der Waals surface area contributed by atoms with Gasteiger partial charge in [-0.3, -0.25) is 4.79 Å². The van der Waals surface area contributed by atoms with Crippen molar-refractivity contribution in [1.82, 2.24) is 19.9 Å². The molecule has 0 fully saturated rings. The van der Waals surface area contributed by atoms with Crippen LogP contribution in [0.4, 0.5) is 0 Å². The quantitative estimate of drug-likeness (QED) is 0.744. The molecule has 0 unspecified atom stereocenters. The van der Waals surface area contributed by atoms with Gasteiger partial charge in [-0.25, -0.2) is 0 Å². The van der Waals surface area contributed by atoms with E-state index in [4.69, 9.17) is 0 Å². The van der Waals surface area contributed by atoms with Crippen LogP contribution < -0.4 is 0 Å². The van der Waals surface area contributed by atoms with E-state index < -0.39 is 0 Å². The SMILES string of the molecule is CN(Cc1cccs1)C(=O)c1cnn(-c2ccccc2)n1. The molecule has 21 heavy (non-hydrogen) atoms. The largest absolute Gasteiger partial charge is 0.335 e. The molecule has 0 aliphatic heterocycles. The standard InChI is InChI=1S/C15H14N4OS/c1-18(11-13-8-5-9-21-13)15(20)14-10-16-19(17-14)12-6-3-2-4-7-12/h2-10H,11H2,1H3. The van der Waals surface area contributed by atoms with E-state index in [2.05, 4.69) is 10.2 Å². The maximum Gasteiger partial charge on any atom is 0.276 e. The lowest BCUT2D eigenvalue weighted by molar-refractivity contribution is 0.0780. The van der Waals surface area contributed by atoms with Gasteiger partial charge in [0.1, 0.15) is 0 Å². The van der Waals surface area contributed by atoms with Gasteiger partial charge in [-0.2, -0.15) is 9.90 Å². The predicted molar refractivity (Wildman–Crippen MR) is 81.5 cm³/mol. The van der Waals surface area contributed by atoms with Gasteiger partial charge in [0, 0.05) is 11.9 Å². The summed E-state index contributed by atoms with van der Waals surface area (Å²) in [5.74, 6) is -0.134. The second-order valence-corrected chi connectivity index (χ2v) is 5.63. The summed E-state index contributed by atoms with van der Waals surface area (Å²) in [7, 11) is 1.77. The number of carbonyl (C=O) groups excluding carboxylic acids is 1. The van der Waals surface area contributed by atoms with Gasteiger partial charge in [-0.1, -0.05) is 24.3 Å². The van der Waals surface area contributed by atoms with Crippen LogP contribution in [0.1, 0.15) is 15.4 Å². The Morgan fingerprint density at radius 2 is 2.05 bits per heavy atom. The lowest BCUT2D eigenvalue weighted by atomic mass is 10.3. The highest BCUT2D eigenvalue weighted by molar-refractivity contribution is 7.09. The Balaban J connectivity index is 1.75. The summed E-state index contributed by atoms with van der Waals surface area (Å²) >= 11 is 1.63. The summed E-state index contributed by atoms with van der Waals surface area (Å²) < 4.78 is 0. The maximum atomic E-state index is 12.3. The molecular formula is C15H14N4OS. The van der Waals surface area contributed by atoms with E-state index in [9.17, 15) is 4.79 Å². The number of aromatic nitrogens is 3. The van der Waals surface area contributed by atoms with Gasteiger partial charge in [0.25, 0.3) is 5.91 Å². The van der Waals surface area contributed by atoms with Crippen LogP contribution in [0.5, 0.6) is 0 Å². The van der Waals surface area contributed by atoms with Crippen LogP contribution in [-0.2, 0) is 6.54 Å². The Morgan fingerprint density at radius 3 is 2.76 bits per heavy atom. The van der Waals surface area contributed by atoms with E-state index in [1.165, 1.54) is 11.0 Å². The minimum Gasteiger partial charge on any atom is -0.335 e. The third-order valence-corrected chi connectivity index (χ3v) is 3.88. The van der Waals surface area contributed by atoms with Crippen molar-refractivity contribution in [1.29, 1.82) is 0 Å². The highest BCUT2D eigenvalue weighted by Crippen LogP contribution is 2.12. The molecule has 0 spiro atoms. The normalized spacial score (nSPS) is 10.5. The Hall–Kier alpha value is -2.47. The van der Waals surface area contributed by atoms with E-state index in [1.807, 2.05) is 47.8 Å². The second kappa shape index (κ2) is 5.88. The van der Waals surface area contributed by atoms with Gasteiger partial charge in [-0.15, -0.1) is 16.4 Å². The lowest BCUT2D eigenvalue weighted by Crippen LogP contribution is -2.26. The molecule has 0 radical (unpaired) electrons. The maximum absolute atomic E-state index is 12.3. The molecule has 106 valence electrons. The molecule has 5 nitrogen and oxygen atoms in total. The van der Waals surface area contributed by atoms with Gasteiger partial charge < -0.3 is 4.90 Å². The van der Waals surface area contributed by atoms with E-state index in [-0.39, 0.29) is 5.91 Å². The topological polar surface area (TPSA) is 51.0 Å². The van der Waals surface area contributed by atoms with Crippen LogP contribution >= 0.6 is 11.3 Å². The van der Waals surface area contributed by atoms with Gasteiger partial charge in [0.15, 0.2) is 5.69 Å². The molecule has 1 aromatic carbocycles.